The maximum absolute atomic E-state index is 13.7. The van der Waals surface area contributed by atoms with Crippen LogP contribution in [0, 0.1) is 11.6 Å². The number of benzene rings is 1. The summed E-state index contributed by atoms with van der Waals surface area (Å²) in [5.74, 6) is -1.71. The van der Waals surface area contributed by atoms with E-state index in [2.05, 4.69) is 31.2 Å². The minimum atomic E-state index is -0.708. The Hall–Kier alpha value is -2.03. The average Bonchev–Trinajstić information content (AvgIpc) is 2.87. The lowest BCUT2D eigenvalue weighted by atomic mass is 10.2. The van der Waals surface area contributed by atoms with E-state index in [1.165, 1.54) is 17.1 Å². The molecule has 0 fully saturated rings. The van der Waals surface area contributed by atoms with Crippen molar-refractivity contribution in [2.24, 2.45) is 10.9 Å². The van der Waals surface area contributed by atoms with Crippen molar-refractivity contribution in [1.82, 2.24) is 14.8 Å². The van der Waals surface area contributed by atoms with Gasteiger partial charge in [-0.25, -0.2) is 18.4 Å². The summed E-state index contributed by atoms with van der Waals surface area (Å²) in [6.07, 6.45) is 1.23. The SMILES string of the molecule is N/C(=N/O)c1ncn(Cc2c(F)ccc(Br)c2F)n1. The van der Waals surface area contributed by atoms with Crippen molar-refractivity contribution in [2.75, 3.05) is 0 Å². The summed E-state index contributed by atoms with van der Waals surface area (Å²) in [7, 11) is 0. The molecule has 0 amide bonds. The fourth-order valence-electron chi connectivity index (χ4n) is 1.41. The zero-order valence-electron chi connectivity index (χ0n) is 9.39. The van der Waals surface area contributed by atoms with Crippen LogP contribution in [0.25, 0.3) is 0 Å². The molecule has 0 aliphatic rings. The smallest absolute Gasteiger partial charge is 0.219 e. The molecule has 1 aromatic heterocycles. The minimum absolute atomic E-state index is 0.0293. The molecule has 2 aromatic rings. The van der Waals surface area contributed by atoms with Crippen LogP contribution in [-0.2, 0) is 6.54 Å². The van der Waals surface area contributed by atoms with Crippen LogP contribution in [0.1, 0.15) is 11.4 Å². The second kappa shape index (κ2) is 5.31. The summed E-state index contributed by atoms with van der Waals surface area (Å²) in [5.41, 5.74) is 5.13. The largest absolute Gasteiger partial charge is 0.409 e. The molecule has 0 aliphatic carbocycles. The van der Waals surface area contributed by atoms with Crippen molar-refractivity contribution in [3.63, 3.8) is 0 Å². The van der Waals surface area contributed by atoms with Crippen molar-refractivity contribution >= 4 is 21.8 Å². The predicted octanol–water partition coefficient (Wildman–Crippen LogP) is 1.46. The summed E-state index contributed by atoms with van der Waals surface area (Å²) in [5, 5.41) is 15.0. The Morgan fingerprint density at radius 1 is 1.47 bits per heavy atom. The van der Waals surface area contributed by atoms with Gasteiger partial charge in [0.1, 0.15) is 18.0 Å². The van der Waals surface area contributed by atoms with Gasteiger partial charge in [0.2, 0.25) is 11.7 Å². The highest BCUT2D eigenvalue weighted by Gasteiger charge is 2.14. The Morgan fingerprint density at radius 3 is 2.89 bits per heavy atom. The molecular formula is C10H8BrF2N5O. The van der Waals surface area contributed by atoms with Gasteiger partial charge >= 0.3 is 0 Å². The Morgan fingerprint density at radius 2 is 2.21 bits per heavy atom. The van der Waals surface area contributed by atoms with E-state index in [0.29, 0.717) is 0 Å². The highest BCUT2D eigenvalue weighted by atomic mass is 79.9. The summed E-state index contributed by atoms with van der Waals surface area (Å²) in [6.45, 7) is -0.164. The second-order valence-electron chi connectivity index (χ2n) is 3.57. The van der Waals surface area contributed by atoms with E-state index in [4.69, 9.17) is 10.9 Å². The lowest BCUT2D eigenvalue weighted by Crippen LogP contribution is -2.16. The highest BCUT2D eigenvalue weighted by molar-refractivity contribution is 9.10. The van der Waals surface area contributed by atoms with E-state index in [-0.39, 0.29) is 28.2 Å². The van der Waals surface area contributed by atoms with Gasteiger partial charge in [0.05, 0.1) is 11.0 Å². The van der Waals surface area contributed by atoms with E-state index in [1.807, 2.05) is 0 Å². The van der Waals surface area contributed by atoms with Crippen molar-refractivity contribution in [2.45, 2.75) is 6.54 Å². The molecule has 0 saturated heterocycles. The zero-order valence-corrected chi connectivity index (χ0v) is 11.0. The van der Waals surface area contributed by atoms with Gasteiger partial charge in [-0.1, -0.05) is 5.16 Å². The van der Waals surface area contributed by atoms with Crippen molar-refractivity contribution in [3.8, 4) is 0 Å². The normalized spacial score (nSPS) is 11.8. The van der Waals surface area contributed by atoms with Crippen LogP contribution in [0.4, 0.5) is 8.78 Å². The molecule has 19 heavy (non-hydrogen) atoms. The first-order valence-corrected chi connectivity index (χ1v) is 5.82. The van der Waals surface area contributed by atoms with Crippen LogP contribution < -0.4 is 5.73 Å². The van der Waals surface area contributed by atoms with Crippen LogP contribution in [0.15, 0.2) is 28.1 Å². The molecule has 3 N–H and O–H groups in total. The molecule has 0 aliphatic heterocycles. The van der Waals surface area contributed by atoms with E-state index < -0.39 is 11.6 Å². The van der Waals surface area contributed by atoms with E-state index in [1.54, 1.807) is 0 Å². The van der Waals surface area contributed by atoms with Crippen molar-refractivity contribution < 1.29 is 14.0 Å². The Kier molecular flexibility index (Phi) is 3.74. The van der Waals surface area contributed by atoms with Crippen LogP contribution in [0.3, 0.4) is 0 Å². The highest BCUT2D eigenvalue weighted by Crippen LogP contribution is 2.22. The molecule has 9 heteroatoms. The second-order valence-corrected chi connectivity index (χ2v) is 4.43. The molecule has 0 spiro atoms. The zero-order chi connectivity index (χ0) is 14.0. The van der Waals surface area contributed by atoms with Gasteiger partial charge in [-0.15, -0.1) is 5.10 Å². The first-order chi connectivity index (χ1) is 9.02. The maximum atomic E-state index is 13.7. The van der Waals surface area contributed by atoms with Gasteiger partial charge in [-0.2, -0.15) is 0 Å². The molecule has 1 aromatic carbocycles. The Bertz CT molecular complexity index is 643. The lowest BCUT2D eigenvalue weighted by Gasteiger charge is -2.06. The molecule has 1 heterocycles. The van der Waals surface area contributed by atoms with Crippen LogP contribution in [-0.4, -0.2) is 25.8 Å². The number of oxime groups is 1. The molecule has 2 rings (SSSR count). The van der Waals surface area contributed by atoms with Crippen molar-refractivity contribution in [3.05, 3.63) is 46.0 Å². The van der Waals surface area contributed by atoms with Gasteiger partial charge < -0.3 is 10.9 Å². The van der Waals surface area contributed by atoms with E-state index in [0.717, 1.165) is 6.07 Å². The number of halogens is 3. The Labute approximate surface area is 114 Å². The molecular weight excluding hydrogens is 324 g/mol. The van der Waals surface area contributed by atoms with E-state index >= 15 is 0 Å². The maximum Gasteiger partial charge on any atom is 0.219 e. The molecule has 100 valence electrons. The number of hydrogen-bond acceptors (Lipinski definition) is 4. The monoisotopic (exact) mass is 331 g/mol. The first-order valence-electron chi connectivity index (χ1n) is 5.02. The number of nitrogens with two attached hydrogens (primary N) is 1. The number of rotatable bonds is 3. The third-order valence-electron chi connectivity index (χ3n) is 2.33. The van der Waals surface area contributed by atoms with Crippen LogP contribution in [0.2, 0.25) is 0 Å². The van der Waals surface area contributed by atoms with Crippen LogP contribution >= 0.6 is 15.9 Å². The average molecular weight is 332 g/mol. The lowest BCUT2D eigenvalue weighted by molar-refractivity contribution is 0.318. The first kappa shape index (κ1) is 13.4. The standard InChI is InChI=1S/C10H8BrF2N5O/c11-6-1-2-7(12)5(8(6)13)3-18-4-15-10(16-18)9(14)17-19/h1-2,4,19H,3H2,(H2,14,17). The molecule has 0 bridgehead atoms. The summed E-state index contributed by atoms with van der Waals surface area (Å²) in [4.78, 5) is 3.74. The summed E-state index contributed by atoms with van der Waals surface area (Å²) >= 11 is 2.97. The third-order valence-corrected chi connectivity index (χ3v) is 2.94. The van der Waals surface area contributed by atoms with Crippen LogP contribution in [0.5, 0.6) is 0 Å². The van der Waals surface area contributed by atoms with Gasteiger partial charge in [-0.3, -0.25) is 0 Å². The number of aromatic nitrogens is 3. The Balaban J connectivity index is 2.32. The molecule has 6 nitrogen and oxygen atoms in total. The summed E-state index contributed by atoms with van der Waals surface area (Å²) < 4.78 is 28.6. The van der Waals surface area contributed by atoms with Gasteiger partial charge in [0.15, 0.2) is 0 Å². The summed E-state index contributed by atoms with van der Waals surface area (Å²) in [6, 6.07) is 2.42. The molecule has 0 unspecified atom stereocenters. The van der Waals surface area contributed by atoms with E-state index in [9.17, 15) is 8.78 Å². The third kappa shape index (κ3) is 2.70. The number of amidine groups is 1. The molecule has 0 saturated carbocycles. The molecule has 0 radical (unpaired) electrons. The van der Waals surface area contributed by atoms with Gasteiger partial charge in [0.25, 0.3) is 0 Å². The number of hydrogen-bond donors (Lipinski definition) is 2. The molecule has 0 atom stereocenters. The fourth-order valence-corrected chi connectivity index (χ4v) is 1.78. The quantitative estimate of drug-likeness (QED) is 0.293. The van der Waals surface area contributed by atoms with Gasteiger partial charge in [0, 0.05) is 5.56 Å². The minimum Gasteiger partial charge on any atom is -0.409 e. The number of nitrogens with zero attached hydrogens (tertiary/aromatic N) is 4. The van der Waals surface area contributed by atoms with Gasteiger partial charge in [-0.05, 0) is 28.1 Å². The van der Waals surface area contributed by atoms with Crippen molar-refractivity contribution in [1.29, 1.82) is 0 Å². The topological polar surface area (TPSA) is 89.3 Å². The predicted molar refractivity (Wildman–Crippen MR) is 65.7 cm³/mol. The fraction of sp³-hybridized carbons (Fsp3) is 0.100.